The number of nitriles is 1. The zero-order valence-electron chi connectivity index (χ0n) is 17.2. The summed E-state index contributed by atoms with van der Waals surface area (Å²) in [4.78, 5) is 27.8. The summed E-state index contributed by atoms with van der Waals surface area (Å²) < 4.78 is 1.15. The van der Waals surface area contributed by atoms with Crippen LogP contribution in [0.4, 0.5) is 11.4 Å². The summed E-state index contributed by atoms with van der Waals surface area (Å²) in [5.41, 5.74) is 1.30. The molecule has 8 nitrogen and oxygen atoms in total. The molecule has 0 amide bonds. The van der Waals surface area contributed by atoms with Gasteiger partial charge in [0.1, 0.15) is 11.6 Å². The minimum Gasteiger partial charge on any atom is -0.494 e. The number of hydrogen-bond donors (Lipinski definition) is 1. The van der Waals surface area contributed by atoms with E-state index in [-0.39, 0.29) is 28.3 Å². The molecule has 31 heavy (non-hydrogen) atoms. The van der Waals surface area contributed by atoms with Gasteiger partial charge in [0, 0.05) is 17.8 Å². The van der Waals surface area contributed by atoms with Gasteiger partial charge in [0.2, 0.25) is 5.88 Å². The Labute approximate surface area is 178 Å². The van der Waals surface area contributed by atoms with Crippen molar-refractivity contribution in [3.05, 3.63) is 96.8 Å². The van der Waals surface area contributed by atoms with Crippen molar-refractivity contribution >= 4 is 17.6 Å². The lowest BCUT2D eigenvalue weighted by Crippen LogP contribution is -2.28. The number of hydrogen-bond acceptors (Lipinski definition) is 6. The SMILES string of the molecule is Cc1ccc(N=Cc2c(C)c(C#N)c(=O)n(C(C)c3ccccc3)c2O)cc1[N+](=O)[O-]. The highest BCUT2D eigenvalue weighted by atomic mass is 16.6. The van der Waals surface area contributed by atoms with E-state index in [1.54, 1.807) is 32.9 Å². The molecule has 0 radical (unpaired) electrons. The fraction of sp³-hybridized carbons (Fsp3) is 0.174. The van der Waals surface area contributed by atoms with Crippen molar-refractivity contribution in [1.82, 2.24) is 4.57 Å². The van der Waals surface area contributed by atoms with Crippen LogP contribution < -0.4 is 5.56 Å². The van der Waals surface area contributed by atoms with Gasteiger partial charge in [0.05, 0.1) is 22.2 Å². The molecule has 0 spiro atoms. The molecule has 8 heteroatoms. The van der Waals surface area contributed by atoms with E-state index in [2.05, 4.69) is 4.99 Å². The summed E-state index contributed by atoms with van der Waals surface area (Å²) in [6.07, 6.45) is 1.31. The van der Waals surface area contributed by atoms with Gasteiger partial charge in [-0.3, -0.25) is 24.5 Å². The molecular weight excluding hydrogens is 396 g/mol. The molecule has 1 N–H and O–H groups in total. The summed E-state index contributed by atoms with van der Waals surface area (Å²) in [5.74, 6) is -0.330. The van der Waals surface area contributed by atoms with E-state index in [1.165, 1.54) is 12.3 Å². The zero-order valence-corrected chi connectivity index (χ0v) is 17.2. The maximum absolute atomic E-state index is 12.9. The number of rotatable bonds is 5. The Morgan fingerprint density at radius 1 is 1.23 bits per heavy atom. The summed E-state index contributed by atoms with van der Waals surface area (Å²) >= 11 is 0. The maximum Gasteiger partial charge on any atom is 0.274 e. The lowest BCUT2D eigenvalue weighted by atomic mass is 10.0. The van der Waals surface area contributed by atoms with Crippen LogP contribution in [0, 0.1) is 35.3 Å². The minimum atomic E-state index is -0.600. The quantitative estimate of drug-likeness (QED) is 0.377. The van der Waals surface area contributed by atoms with Gasteiger partial charge >= 0.3 is 0 Å². The number of aryl methyl sites for hydroxylation is 1. The third-order valence-electron chi connectivity index (χ3n) is 5.19. The zero-order chi connectivity index (χ0) is 22.7. The monoisotopic (exact) mass is 416 g/mol. The van der Waals surface area contributed by atoms with Crippen molar-refractivity contribution in [2.75, 3.05) is 0 Å². The second-order valence-electron chi connectivity index (χ2n) is 7.10. The molecule has 0 aliphatic carbocycles. The predicted octanol–water partition coefficient (Wildman–Crippen LogP) is 4.31. The first-order valence-electron chi connectivity index (χ1n) is 9.48. The minimum absolute atomic E-state index is 0.0732. The Kier molecular flexibility index (Phi) is 5.97. The largest absolute Gasteiger partial charge is 0.494 e. The van der Waals surface area contributed by atoms with Crippen LogP contribution in [-0.4, -0.2) is 20.8 Å². The van der Waals surface area contributed by atoms with Crippen LogP contribution in [0.5, 0.6) is 5.88 Å². The number of nitrogens with zero attached hydrogens (tertiary/aromatic N) is 4. The van der Waals surface area contributed by atoms with Crippen LogP contribution in [0.1, 0.15) is 40.8 Å². The highest BCUT2D eigenvalue weighted by Gasteiger charge is 2.22. The van der Waals surface area contributed by atoms with Crippen molar-refractivity contribution in [3.8, 4) is 11.9 Å². The van der Waals surface area contributed by atoms with Crippen LogP contribution in [0.15, 0.2) is 58.3 Å². The Morgan fingerprint density at radius 2 is 1.90 bits per heavy atom. The molecule has 1 heterocycles. The van der Waals surface area contributed by atoms with E-state index in [1.807, 2.05) is 36.4 Å². The Balaban J connectivity index is 2.16. The van der Waals surface area contributed by atoms with Gasteiger partial charge in [-0.05, 0) is 38.0 Å². The molecule has 0 aliphatic heterocycles. The van der Waals surface area contributed by atoms with Gasteiger partial charge in [-0.25, -0.2) is 0 Å². The van der Waals surface area contributed by atoms with Crippen molar-refractivity contribution in [2.24, 2.45) is 4.99 Å². The van der Waals surface area contributed by atoms with Gasteiger partial charge in [0.15, 0.2) is 0 Å². The number of aliphatic imine (C=N–C) groups is 1. The van der Waals surface area contributed by atoms with Gasteiger partial charge in [-0.15, -0.1) is 0 Å². The van der Waals surface area contributed by atoms with Crippen LogP contribution in [0.25, 0.3) is 0 Å². The molecule has 1 atom stereocenters. The molecule has 2 aromatic carbocycles. The number of aromatic nitrogens is 1. The lowest BCUT2D eigenvalue weighted by Gasteiger charge is -2.20. The van der Waals surface area contributed by atoms with Crippen molar-refractivity contribution in [2.45, 2.75) is 26.8 Å². The average molecular weight is 416 g/mol. The number of nitro benzene ring substituents is 1. The highest BCUT2D eigenvalue weighted by Crippen LogP contribution is 2.28. The number of aromatic hydroxyl groups is 1. The van der Waals surface area contributed by atoms with Gasteiger partial charge in [0.25, 0.3) is 11.2 Å². The van der Waals surface area contributed by atoms with Crippen LogP contribution in [0.3, 0.4) is 0 Å². The normalized spacial score (nSPS) is 11.9. The second kappa shape index (κ2) is 8.63. The Hall–Kier alpha value is -4.25. The topological polar surface area (TPSA) is 122 Å². The average Bonchev–Trinajstić information content (AvgIpc) is 2.75. The number of nitro groups is 1. The first-order chi connectivity index (χ1) is 14.8. The molecular formula is C23H20N4O4. The molecule has 1 unspecified atom stereocenters. The molecule has 3 aromatic rings. The van der Waals surface area contributed by atoms with Gasteiger partial charge < -0.3 is 5.11 Å². The number of benzene rings is 2. The van der Waals surface area contributed by atoms with E-state index in [4.69, 9.17) is 0 Å². The highest BCUT2D eigenvalue weighted by molar-refractivity contribution is 5.87. The molecule has 0 bridgehead atoms. The Morgan fingerprint density at radius 3 is 2.52 bits per heavy atom. The molecule has 3 rings (SSSR count). The van der Waals surface area contributed by atoms with E-state index < -0.39 is 16.5 Å². The van der Waals surface area contributed by atoms with E-state index in [0.29, 0.717) is 11.3 Å². The molecule has 1 aromatic heterocycles. The predicted molar refractivity (Wildman–Crippen MR) is 117 cm³/mol. The van der Waals surface area contributed by atoms with Crippen LogP contribution in [-0.2, 0) is 0 Å². The third kappa shape index (κ3) is 4.07. The van der Waals surface area contributed by atoms with Crippen molar-refractivity contribution in [3.63, 3.8) is 0 Å². The standard InChI is InChI=1S/C23H20N4O4/c1-14-9-10-18(11-21(14)27(30)31)25-13-20-15(2)19(12-24)22(28)26(23(20)29)16(3)17-7-5-4-6-8-17/h4-11,13,16,29H,1-3H3. The van der Waals surface area contributed by atoms with Crippen molar-refractivity contribution < 1.29 is 10.0 Å². The summed E-state index contributed by atoms with van der Waals surface area (Å²) in [5, 5.41) is 31.6. The van der Waals surface area contributed by atoms with E-state index >= 15 is 0 Å². The number of pyridine rings is 1. The fourth-order valence-electron chi connectivity index (χ4n) is 3.35. The third-order valence-corrected chi connectivity index (χ3v) is 5.19. The first-order valence-corrected chi connectivity index (χ1v) is 9.48. The lowest BCUT2D eigenvalue weighted by molar-refractivity contribution is -0.385. The van der Waals surface area contributed by atoms with E-state index in [9.17, 15) is 25.3 Å². The van der Waals surface area contributed by atoms with E-state index in [0.717, 1.165) is 10.1 Å². The van der Waals surface area contributed by atoms with Gasteiger partial charge in [-0.2, -0.15) is 5.26 Å². The smallest absolute Gasteiger partial charge is 0.274 e. The molecule has 0 saturated carbocycles. The van der Waals surface area contributed by atoms with Crippen molar-refractivity contribution in [1.29, 1.82) is 5.26 Å². The Bertz CT molecular complexity index is 1290. The first kappa shape index (κ1) is 21.5. The summed E-state index contributed by atoms with van der Waals surface area (Å²) in [7, 11) is 0. The summed E-state index contributed by atoms with van der Waals surface area (Å²) in [6, 6.07) is 15.0. The molecule has 0 aliphatic rings. The molecule has 0 fully saturated rings. The fourth-order valence-corrected chi connectivity index (χ4v) is 3.35. The van der Waals surface area contributed by atoms with Gasteiger partial charge in [-0.1, -0.05) is 36.4 Å². The second-order valence-corrected chi connectivity index (χ2v) is 7.10. The summed E-state index contributed by atoms with van der Waals surface area (Å²) in [6.45, 7) is 4.93. The van der Waals surface area contributed by atoms with Crippen LogP contribution in [0.2, 0.25) is 0 Å². The molecule has 0 saturated heterocycles. The van der Waals surface area contributed by atoms with Crippen LogP contribution >= 0.6 is 0 Å². The maximum atomic E-state index is 12.9. The molecule has 156 valence electrons.